The highest BCUT2D eigenvalue weighted by Crippen LogP contribution is 2.26. The summed E-state index contributed by atoms with van der Waals surface area (Å²) >= 11 is 13.2. The fourth-order valence-corrected chi connectivity index (χ4v) is 3.21. The van der Waals surface area contributed by atoms with E-state index in [1.807, 2.05) is 24.3 Å². The zero-order valence-electron chi connectivity index (χ0n) is 12.7. The Hall–Kier alpha value is -2.35. The Labute approximate surface area is 157 Å². The van der Waals surface area contributed by atoms with Crippen LogP contribution in [0.2, 0.25) is 10.0 Å². The zero-order chi connectivity index (χ0) is 17.8. The maximum absolute atomic E-state index is 11.9. The number of rotatable bonds is 4. The van der Waals surface area contributed by atoms with Crippen molar-refractivity contribution in [3.05, 3.63) is 52.5 Å². The Bertz CT molecular complexity index is 912. The number of amides is 3. The van der Waals surface area contributed by atoms with Gasteiger partial charge in [0, 0.05) is 5.02 Å². The van der Waals surface area contributed by atoms with Gasteiger partial charge in [-0.3, -0.25) is 10.1 Å². The molecular formula is C16H12Cl2N4O2S. The first kappa shape index (κ1) is 17.5. The second-order valence-corrected chi connectivity index (χ2v) is 6.84. The monoisotopic (exact) mass is 394 g/mol. The molecule has 3 aromatic rings. The number of nitrogens with one attached hydrogen (secondary N) is 3. The smallest absolute Gasteiger partial charge is 0.321 e. The van der Waals surface area contributed by atoms with E-state index in [1.54, 1.807) is 12.1 Å². The molecule has 3 amide bonds. The van der Waals surface area contributed by atoms with Crippen LogP contribution in [-0.4, -0.2) is 23.5 Å². The third kappa shape index (κ3) is 4.60. The van der Waals surface area contributed by atoms with E-state index in [1.165, 1.54) is 17.4 Å². The highest BCUT2D eigenvalue weighted by atomic mass is 35.5. The summed E-state index contributed by atoms with van der Waals surface area (Å²) in [7, 11) is 0. The Kier molecular flexibility index (Phi) is 5.37. The molecule has 2 aromatic carbocycles. The molecule has 0 atom stereocenters. The summed E-state index contributed by atoms with van der Waals surface area (Å²) in [6.45, 7) is -0.223. The van der Waals surface area contributed by atoms with Gasteiger partial charge in [0.05, 0.1) is 27.5 Å². The Morgan fingerprint density at radius 1 is 1.08 bits per heavy atom. The molecule has 25 heavy (non-hydrogen) atoms. The summed E-state index contributed by atoms with van der Waals surface area (Å²) in [6.07, 6.45) is 0. The van der Waals surface area contributed by atoms with E-state index in [0.717, 1.165) is 10.2 Å². The number of carbonyl (C=O) groups is 2. The fraction of sp³-hybridized carbons (Fsp3) is 0.0625. The van der Waals surface area contributed by atoms with Gasteiger partial charge in [0.2, 0.25) is 5.91 Å². The van der Waals surface area contributed by atoms with E-state index in [0.29, 0.717) is 20.9 Å². The third-order valence-electron chi connectivity index (χ3n) is 3.13. The van der Waals surface area contributed by atoms with Crippen molar-refractivity contribution in [1.82, 2.24) is 10.3 Å². The molecule has 3 rings (SSSR count). The SMILES string of the molecule is O=C(CNC(=O)Nc1nc2ccccc2s1)Nc1cc(Cl)ccc1Cl. The normalized spacial score (nSPS) is 10.5. The van der Waals surface area contributed by atoms with Crippen LogP contribution < -0.4 is 16.0 Å². The van der Waals surface area contributed by atoms with Gasteiger partial charge in [0.1, 0.15) is 0 Å². The lowest BCUT2D eigenvalue weighted by Gasteiger charge is -2.08. The van der Waals surface area contributed by atoms with E-state index >= 15 is 0 Å². The van der Waals surface area contributed by atoms with Crippen LogP contribution in [-0.2, 0) is 4.79 Å². The number of anilines is 2. The van der Waals surface area contributed by atoms with Crippen molar-refractivity contribution < 1.29 is 9.59 Å². The number of hydrogen-bond acceptors (Lipinski definition) is 4. The first-order valence-electron chi connectivity index (χ1n) is 7.16. The number of benzene rings is 2. The Morgan fingerprint density at radius 2 is 1.88 bits per heavy atom. The molecule has 3 N–H and O–H groups in total. The molecule has 9 heteroatoms. The first-order chi connectivity index (χ1) is 12.0. The molecule has 0 aliphatic rings. The van der Waals surface area contributed by atoms with Crippen molar-refractivity contribution in [2.24, 2.45) is 0 Å². The average molecular weight is 395 g/mol. The summed E-state index contributed by atoms with van der Waals surface area (Å²) in [4.78, 5) is 28.1. The van der Waals surface area contributed by atoms with E-state index in [2.05, 4.69) is 20.9 Å². The predicted octanol–water partition coefficient (Wildman–Crippen LogP) is 4.36. The molecule has 1 aromatic heterocycles. The number of nitrogens with zero attached hydrogens (tertiary/aromatic N) is 1. The first-order valence-corrected chi connectivity index (χ1v) is 8.74. The van der Waals surface area contributed by atoms with Crippen LogP contribution in [0.5, 0.6) is 0 Å². The third-order valence-corrected chi connectivity index (χ3v) is 4.64. The highest BCUT2D eigenvalue weighted by molar-refractivity contribution is 7.22. The van der Waals surface area contributed by atoms with E-state index in [-0.39, 0.29) is 6.54 Å². The second kappa shape index (κ2) is 7.69. The maximum atomic E-state index is 11.9. The van der Waals surface area contributed by atoms with E-state index < -0.39 is 11.9 Å². The molecule has 6 nitrogen and oxygen atoms in total. The quantitative estimate of drug-likeness (QED) is 0.614. The molecule has 128 valence electrons. The Morgan fingerprint density at radius 3 is 2.68 bits per heavy atom. The van der Waals surface area contributed by atoms with Crippen molar-refractivity contribution in [3.8, 4) is 0 Å². The van der Waals surface area contributed by atoms with Crippen molar-refractivity contribution in [2.45, 2.75) is 0 Å². The molecule has 1 heterocycles. The standard InChI is InChI=1S/C16H12Cl2N4O2S/c17-9-5-6-10(18)12(7-9)20-14(23)8-19-15(24)22-16-21-11-3-1-2-4-13(11)25-16/h1-7H,8H2,(H,20,23)(H2,19,21,22,24). The van der Waals surface area contributed by atoms with Crippen LogP contribution in [0.15, 0.2) is 42.5 Å². The number of hydrogen-bond donors (Lipinski definition) is 3. The van der Waals surface area contributed by atoms with Gasteiger partial charge in [-0.15, -0.1) is 0 Å². The van der Waals surface area contributed by atoms with Crippen molar-refractivity contribution in [1.29, 1.82) is 0 Å². The summed E-state index contributed by atoms with van der Waals surface area (Å²) in [5.74, 6) is -0.427. The van der Waals surface area contributed by atoms with Gasteiger partial charge in [-0.05, 0) is 30.3 Å². The molecule has 0 saturated heterocycles. The van der Waals surface area contributed by atoms with Gasteiger partial charge < -0.3 is 10.6 Å². The van der Waals surface area contributed by atoms with Gasteiger partial charge in [0.25, 0.3) is 0 Å². The van der Waals surface area contributed by atoms with Gasteiger partial charge in [-0.1, -0.05) is 46.7 Å². The number of thiazole rings is 1. The molecule has 0 fully saturated rings. The lowest BCUT2D eigenvalue weighted by atomic mass is 10.3. The number of halogens is 2. The number of aromatic nitrogens is 1. The summed E-state index contributed by atoms with van der Waals surface area (Å²) < 4.78 is 0.964. The summed E-state index contributed by atoms with van der Waals surface area (Å²) in [5, 5.41) is 8.90. The predicted molar refractivity (Wildman–Crippen MR) is 102 cm³/mol. The van der Waals surface area contributed by atoms with Gasteiger partial charge in [0.15, 0.2) is 5.13 Å². The number of urea groups is 1. The minimum atomic E-state index is -0.522. The van der Waals surface area contributed by atoms with E-state index in [9.17, 15) is 9.59 Å². The minimum Gasteiger partial charge on any atom is -0.329 e. The molecule has 0 aliphatic carbocycles. The van der Waals surface area contributed by atoms with Gasteiger partial charge >= 0.3 is 6.03 Å². The van der Waals surface area contributed by atoms with Gasteiger partial charge in [-0.25, -0.2) is 9.78 Å². The molecule has 0 saturated carbocycles. The van der Waals surface area contributed by atoms with Crippen LogP contribution in [0.3, 0.4) is 0 Å². The highest BCUT2D eigenvalue weighted by Gasteiger charge is 2.10. The van der Waals surface area contributed by atoms with Crippen molar-refractivity contribution in [2.75, 3.05) is 17.2 Å². The van der Waals surface area contributed by atoms with Crippen LogP contribution in [0, 0.1) is 0 Å². The van der Waals surface area contributed by atoms with Crippen LogP contribution in [0.4, 0.5) is 15.6 Å². The number of para-hydroxylation sites is 1. The molecule has 0 unspecified atom stereocenters. The van der Waals surface area contributed by atoms with Crippen LogP contribution in [0.1, 0.15) is 0 Å². The zero-order valence-corrected chi connectivity index (χ0v) is 15.0. The Balaban J connectivity index is 1.53. The molecule has 0 aliphatic heterocycles. The summed E-state index contributed by atoms with van der Waals surface area (Å²) in [6, 6.07) is 11.7. The lowest BCUT2D eigenvalue weighted by Crippen LogP contribution is -2.35. The van der Waals surface area contributed by atoms with Crippen molar-refractivity contribution >= 4 is 67.5 Å². The molecule has 0 spiro atoms. The molecule has 0 radical (unpaired) electrons. The number of fused-ring (bicyclic) bond motifs is 1. The van der Waals surface area contributed by atoms with Crippen LogP contribution in [0.25, 0.3) is 10.2 Å². The number of carbonyl (C=O) groups excluding carboxylic acids is 2. The van der Waals surface area contributed by atoms with Crippen LogP contribution >= 0.6 is 34.5 Å². The van der Waals surface area contributed by atoms with E-state index in [4.69, 9.17) is 23.2 Å². The second-order valence-electron chi connectivity index (χ2n) is 4.97. The average Bonchev–Trinajstić information content (AvgIpc) is 2.98. The summed E-state index contributed by atoms with van der Waals surface area (Å²) in [5.41, 5.74) is 1.18. The topological polar surface area (TPSA) is 83.1 Å². The lowest BCUT2D eigenvalue weighted by molar-refractivity contribution is -0.115. The largest absolute Gasteiger partial charge is 0.329 e. The fourth-order valence-electron chi connectivity index (χ4n) is 2.02. The molecule has 0 bridgehead atoms. The molecular weight excluding hydrogens is 383 g/mol. The van der Waals surface area contributed by atoms with Gasteiger partial charge in [-0.2, -0.15) is 0 Å². The maximum Gasteiger partial charge on any atom is 0.321 e. The van der Waals surface area contributed by atoms with Crippen molar-refractivity contribution in [3.63, 3.8) is 0 Å². The minimum absolute atomic E-state index is 0.223.